The van der Waals surface area contributed by atoms with Gasteiger partial charge in [-0.3, -0.25) is 0 Å². The Morgan fingerprint density at radius 1 is 1.06 bits per heavy atom. The molecule has 102 valence electrons. The van der Waals surface area contributed by atoms with Gasteiger partial charge in [0.2, 0.25) is 0 Å². The topological polar surface area (TPSA) is 3.24 Å². The maximum absolute atomic E-state index is 14.2. The second-order valence-corrected chi connectivity index (χ2v) is 5.86. The summed E-state index contributed by atoms with van der Waals surface area (Å²) in [6.07, 6.45) is 0. The van der Waals surface area contributed by atoms with Gasteiger partial charge in [0.15, 0.2) is 0 Å². The molecule has 0 N–H and O–H groups in total. The van der Waals surface area contributed by atoms with Crippen molar-refractivity contribution in [2.75, 3.05) is 20.6 Å². The molecule has 0 spiro atoms. The number of likely N-dealkylation sites (N-methyl/N-ethyl adjacent to an activating group) is 1. The number of alkyl halides is 2. The van der Waals surface area contributed by atoms with E-state index in [0.717, 1.165) is 6.07 Å². The molecule has 0 aromatic heterocycles. The lowest BCUT2D eigenvalue weighted by atomic mass is 9.85. The zero-order valence-corrected chi connectivity index (χ0v) is 11.5. The first-order valence-electron chi connectivity index (χ1n) is 5.88. The Morgan fingerprint density at radius 3 is 2.00 bits per heavy atom. The second-order valence-electron chi connectivity index (χ2n) is 5.86. The summed E-state index contributed by atoms with van der Waals surface area (Å²) in [7, 11) is 3.08. The predicted molar refractivity (Wildman–Crippen MR) is 67.5 cm³/mol. The summed E-state index contributed by atoms with van der Waals surface area (Å²) in [6.45, 7) is 4.91. The maximum Gasteiger partial charge on any atom is 0.288 e. The first-order chi connectivity index (χ1) is 8.05. The van der Waals surface area contributed by atoms with E-state index in [1.165, 1.54) is 11.0 Å². The van der Waals surface area contributed by atoms with Crippen LogP contribution in [0.2, 0.25) is 0 Å². The summed E-state index contributed by atoms with van der Waals surface area (Å²) < 4.78 is 42.1. The van der Waals surface area contributed by atoms with Crippen LogP contribution < -0.4 is 0 Å². The van der Waals surface area contributed by atoms with Gasteiger partial charge in [-0.1, -0.05) is 39.0 Å². The van der Waals surface area contributed by atoms with Crippen LogP contribution in [0.5, 0.6) is 0 Å². The Labute approximate surface area is 107 Å². The van der Waals surface area contributed by atoms with Gasteiger partial charge in [0.1, 0.15) is 5.82 Å². The van der Waals surface area contributed by atoms with Gasteiger partial charge in [-0.25, -0.2) is 4.39 Å². The van der Waals surface area contributed by atoms with E-state index in [1.807, 2.05) is 0 Å². The van der Waals surface area contributed by atoms with Gasteiger partial charge in [-0.2, -0.15) is 8.78 Å². The lowest BCUT2D eigenvalue weighted by Gasteiger charge is -2.25. The molecule has 0 bridgehead atoms. The Morgan fingerprint density at radius 2 is 1.56 bits per heavy atom. The largest absolute Gasteiger partial charge is 0.303 e. The van der Waals surface area contributed by atoms with Crippen LogP contribution in [-0.4, -0.2) is 25.5 Å². The van der Waals surface area contributed by atoms with Crippen molar-refractivity contribution in [2.45, 2.75) is 32.1 Å². The lowest BCUT2D eigenvalue weighted by Crippen LogP contribution is -2.31. The van der Waals surface area contributed by atoms with Gasteiger partial charge in [-0.05, 0) is 25.1 Å². The molecule has 0 aliphatic carbocycles. The number of rotatable bonds is 3. The first kappa shape index (κ1) is 15.0. The van der Waals surface area contributed by atoms with E-state index in [1.54, 1.807) is 40.9 Å². The van der Waals surface area contributed by atoms with E-state index in [-0.39, 0.29) is 0 Å². The van der Waals surface area contributed by atoms with Crippen molar-refractivity contribution < 1.29 is 13.2 Å². The Balaban J connectivity index is 3.27. The highest BCUT2D eigenvalue weighted by atomic mass is 19.3. The highest BCUT2D eigenvalue weighted by Crippen LogP contribution is 2.35. The van der Waals surface area contributed by atoms with Crippen molar-refractivity contribution in [3.05, 3.63) is 35.1 Å². The monoisotopic (exact) mass is 259 g/mol. The average Bonchev–Trinajstić information content (AvgIpc) is 2.13. The molecule has 4 heteroatoms. The van der Waals surface area contributed by atoms with E-state index >= 15 is 0 Å². The predicted octanol–water partition coefficient (Wildman–Crippen LogP) is 3.78. The van der Waals surface area contributed by atoms with Crippen LogP contribution in [0.25, 0.3) is 0 Å². The third-order valence-electron chi connectivity index (χ3n) is 2.72. The van der Waals surface area contributed by atoms with Crippen LogP contribution in [0, 0.1) is 5.82 Å². The molecule has 0 heterocycles. The van der Waals surface area contributed by atoms with Crippen molar-refractivity contribution in [1.82, 2.24) is 4.90 Å². The Bertz CT molecular complexity index is 420. The van der Waals surface area contributed by atoms with Gasteiger partial charge in [0, 0.05) is 0 Å². The number of nitrogens with zero attached hydrogens (tertiary/aromatic N) is 1. The SMILES string of the molecule is CN(C)CC(F)(F)c1cccc(C(C)(C)C)c1F. The summed E-state index contributed by atoms with van der Waals surface area (Å²) in [4.78, 5) is 1.35. The summed E-state index contributed by atoms with van der Waals surface area (Å²) in [6, 6.07) is 4.21. The Hall–Kier alpha value is -1.03. The molecule has 0 aliphatic rings. The van der Waals surface area contributed by atoms with E-state index in [9.17, 15) is 13.2 Å². The minimum absolute atomic E-state index is 0.318. The summed E-state index contributed by atoms with van der Waals surface area (Å²) in [5, 5.41) is 0. The summed E-state index contributed by atoms with van der Waals surface area (Å²) >= 11 is 0. The van der Waals surface area contributed by atoms with Crippen LogP contribution in [0.4, 0.5) is 13.2 Å². The number of benzene rings is 1. The number of hydrogen-bond acceptors (Lipinski definition) is 1. The molecule has 0 unspecified atom stereocenters. The van der Waals surface area contributed by atoms with Crippen LogP contribution in [-0.2, 0) is 11.3 Å². The second kappa shape index (κ2) is 4.92. The van der Waals surface area contributed by atoms with Crippen molar-refractivity contribution in [3.8, 4) is 0 Å². The molecule has 1 aromatic rings. The van der Waals surface area contributed by atoms with Gasteiger partial charge in [0.25, 0.3) is 5.92 Å². The quantitative estimate of drug-likeness (QED) is 0.798. The van der Waals surface area contributed by atoms with Crippen LogP contribution in [0.3, 0.4) is 0 Å². The highest BCUT2D eigenvalue weighted by molar-refractivity contribution is 5.33. The molecule has 0 aliphatic heterocycles. The molecular formula is C14H20F3N. The molecule has 0 amide bonds. The molecule has 1 nitrogen and oxygen atoms in total. The molecule has 0 saturated heterocycles. The smallest absolute Gasteiger partial charge is 0.288 e. The zero-order chi connectivity index (χ0) is 14.1. The first-order valence-corrected chi connectivity index (χ1v) is 5.88. The Kier molecular flexibility index (Phi) is 4.11. The summed E-state index contributed by atoms with van der Waals surface area (Å²) in [5.41, 5.74) is -0.698. The average molecular weight is 259 g/mol. The van der Waals surface area contributed by atoms with Crippen LogP contribution >= 0.6 is 0 Å². The van der Waals surface area contributed by atoms with Crippen molar-refractivity contribution >= 4 is 0 Å². The van der Waals surface area contributed by atoms with Gasteiger partial charge in [-0.15, -0.1) is 0 Å². The molecule has 0 radical (unpaired) electrons. The van der Waals surface area contributed by atoms with E-state index < -0.39 is 29.3 Å². The molecule has 18 heavy (non-hydrogen) atoms. The van der Waals surface area contributed by atoms with Crippen molar-refractivity contribution in [2.24, 2.45) is 0 Å². The molecule has 1 aromatic carbocycles. The summed E-state index contributed by atoms with van der Waals surface area (Å²) in [5.74, 6) is -3.98. The lowest BCUT2D eigenvalue weighted by molar-refractivity contribution is -0.0302. The fraction of sp³-hybridized carbons (Fsp3) is 0.571. The normalized spacial score (nSPS) is 13.2. The van der Waals surface area contributed by atoms with Crippen LogP contribution in [0.15, 0.2) is 18.2 Å². The van der Waals surface area contributed by atoms with E-state index in [4.69, 9.17) is 0 Å². The highest BCUT2D eigenvalue weighted by Gasteiger charge is 2.37. The maximum atomic E-state index is 14.2. The molecule has 1 rings (SSSR count). The molecule has 0 saturated carbocycles. The number of halogens is 3. The van der Waals surface area contributed by atoms with Gasteiger partial charge in [0.05, 0.1) is 12.1 Å². The molecule has 0 fully saturated rings. The zero-order valence-electron chi connectivity index (χ0n) is 11.5. The van der Waals surface area contributed by atoms with Gasteiger partial charge >= 0.3 is 0 Å². The van der Waals surface area contributed by atoms with Crippen molar-refractivity contribution in [3.63, 3.8) is 0 Å². The van der Waals surface area contributed by atoms with E-state index in [2.05, 4.69) is 0 Å². The van der Waals surface area contributed by atoms with Crippen molar-refractivity contribution in [1.29, 1.82) is 0 Å². The fourth-order valence-corrected chi connectivity index (χ4v) is 1.88. The standard InChI is InChI=1S/C14H20F3N/c1-13(2,3)10-7-6-8-11(12(10)15)14(16,17)9-18(4)5/h6-8H,9H2,1-5H3. The minimum Gasteiger partial charge on any atom is -0.303 e. The molecule has 0 atom stereocenters. The third-order valence-corrected chi connectivity index (χ3v) is 2.72. The van der Waals surface area contributed by atoms with Crippen LogP contribution in [0.1, 0.15) is 31.9 Å². The minimum atomic E-state index is -3.19. The number of hydrogen-bond donors (Lipinski definition) is 0. The van der Waals surface area contributed by atoms with Gasteiger partial charge < -0.3 is 4.90 Å². The van der Waals surface area contributed by atoms with E-state index in [0.29, 0.717) is 5.56 Å². The fourth-order valence-electron chi connectivity index (χ4n) is 1.88. The third kappa shape index (κ3) is 3.25. The molecular weight excluding hydrogens is 239 g/mol.